The molecule has 100 valence electrons. The Bertz CT molecular complexity index is 591. The first kappa shape index (κ1) is 12.2. The van der Waals surface area contributed by atoms with Crippen molar-refractivity contribution >= 4 is 16.9 Å². The molecule has 4 heteroatoms. The van der Waals surface area contributed by atoms with Crippen LogP contribution in [0.5, 0.6) is 0 Å². The molecule has 2 unspecified atom stereocenters. The molecule has 0 bridgehead atoms. The number of fused-ring (bicyclic) bond motifs is 1. The second-order valence-electron chi connectivity index (χ2n) is 5.29. The Hall–Kier alpha value is -1.81. The Kier molecular flexibility index (Phi) is 3.25. The van der Waals surface area contributed by atoms with Gasteiger partial charge in [-0.3, -0.25) is 4.79 Å². The molecule has 0 spiro atoms. The van der Waals surface area contributed by atoms with E-state index in [9.17, 15) is 4.79 Å². The average Bonchev–Trinajstić information content (AvgIpc) is 3.02. The van der Waals surface area contributed by atoms with E-state index in [1.807, 2.05) is 24.3 Å². The molecule has 2 aromatic rings. The lowest BCUT2D eigenvalue weighted by atomic mass is 10.1. The molecule has 1 amide bonds. The third kappa shape index (κ3) is 2.49. The number of hydrogen-bond donors (Lipinski definition) is 2. The van der Waals surface area contributed by atoms with E-state index in [1.54, 1.807) is 0 Å². The van der Waals surface area contributed by atoms with Crippen LogP contribution in [-0.2, 0) is 0 Å². The highest BCUT2D eigenvalue weighted by molar-refractivity contribution is 6.05. The molecule has 3 N–H and O–H groups in total. The fraction of sp³-hybridized carbons (Fsp3) is 0.400. The predicted octanol–water partition coefficient (Wildman–Crippen LogP) is 2.29. The molecule has 1 saturated carbocycles. The van der Waals surface area contributed by atoms with Crippen molar-refractivity contribution in [2.45, 2.75) is 25.3 Å². The van der Waals surface area contributed by atoms with Gasteiger partial charge in [-0.1, -0.05) is 18.2 Å². The maximum Gasteiger partial charge on any atom is 0.255 e. The molecule has 3 rings (SSSR count). The summed E-state index contributed by atoms with van der Waals surface area (Å²) in [6, 6.07) is 7.87. The third-order valence-electron chi connectivity index (χ3n) is 3.86. The van der Waals surface area contributed by atoms with Gasteiger partial charge in [0.2, 0.25) is 0 Å². The molecule has 19 heavy (non-hydrogen) atoms. The molecule has 1 aromatic carbocycles. The highest BCUT2D eigenvalue weighted by atomic mass is 16.3. The smallest absolute Gasteiger partial charge is 0.255 e. The molecule has 1 heterocycles. The van der Waals surface area contributed by atoms with E-state index in [2.05, 4.69) is 5.32 Å². The van der Waals surface area contributed by atoms with Crippen LogP contribution in [0, 0.1) is 5.92 Å². The standard InChI is InChI=1S/C15H18N2O2/c16-11-6-5-10(7-11)8-17-15(18)13-9-19-14-4-2-1-3-12(13)14/h1-4,9-11H,5-8,16H2,(H,17,18). The quantitative estimate of drug-likeness (QED) is 0.887. The number of para-hydroxylation sites is 1. The first-order valence-electron chi connectivity index (χ1n) is 6.74. The van der Waals surface area contributed by atoms with E-state index in [0.29, 0.717) is 24.1 Å². The minimum Gasteiger partial charge on any atom is -0.463 e. The lowest BCUT2D eigenvalue weighted by molar-refractivity contribution is 0.0948. The number of furan rings is 1. The summed E-state index contributed by atoms with van der Waals surface area (Å²) in [6.45, 7) is 0.700. The highest BCUT2D eigenvalue weighted by Gasteiger charge is 2.22. The van der Waals surface area contributed by atoms with Crippen LogP contribution in [0.1, 0.15) is 29.6 Å². The second-order valence-corrected chi connectivity index (χ2v) is 5.29. The van der Waals surface area contributed by atoms with Gasteiger partial charge in [0.1, 0.15) is 11.8 Å². The van der Waals surface area contributed by atoms with Gasteiger partial charge in [-0.05, 0) is 31.2 Å². The maximum atomic E-state index is 12.2. The van der Waals surface area contributed by atoms with Crippen LogP contribution in [0.15, 0.2) is 34.9 Å². The second kappa shape index (κ2) is 5.05. The molecule has 1 aliphatic rings. The van der Waals surface area contributed by atoms with Crippen LogP contribution >= 0.6 is 0 Å². The van der Waals surface area contributed by atoms with Gasteiger partial charge >= 0.3 is 0 Å². The Balaban J connectivity index is 1.67. The fourth-order valence-electron chi connectivity index (χ4n) is 2.78. The van der Waals surface area contributed by atoms with Gasteiger partial charge in [-0.15, -0.1) is 0 Å². The number of carbonyl (C=O) groups excluding carboxylic acids is 1. The van der Waals surface area contributed by atoms with Crippen LogP contribution in [-0.4, -0.2) is 18.5 Å². The minimum absolute atomic E-state index is 0.0644. The summed E-state index contributed by atoms with van der Waals surface area (Å²) in [4.78, 5) is 12.2. The van der Waals surface area contributed by atoms with Gasteiger partial charge in [0.25, 0.3) is 5.91 Å². The van der Waals surface area contributed by atoms with E-state index in [0.717, 1.165) is 30.2 Å². The van der Waals surface area contributed by atoms with Crippen molar-refractivity contribution in [3.63, 3.8) is 0 Å². The molecule has 1 aromatic heterocycles. The van der Waals surface area contributed by atoms with Crippen LogP contribution in [0.4, 0.5) is 0 Å². The molecular weight excluding hydrogens is 240 g/mol. The van der Waals surface area contributed by atoms with Crippen molar-refractivity contribution in [3.05, 3.63) is 36.1 Å². The first-order valence-corrected chi connectivity index (χ1v) is 6.74. The van der Waals surface area contributed by atoms with E-state index < -0.39 is 0 Å². The van der Waals surface area contributed by atoms with Gasteiger partial charge in [0.05, 0.1) is 5.56 Å². The number of amides is 1. The zero-order chi connectivity index (χ0) is 13.2. The van der Waals surface area contributed by atoms with E-state index >= 15 is 0 Å². The molecular formula is C15H18N2O2. The number of hydrogen-bond acceptors (Lipinski definition) is 3. The molecule has 0 saturated heterocycles. The Morgan fingerprint density at radius 3 is 3.00 bits per heavy atom. The maximum absolute atomic E-state index is 12.2. The van der Waals surface area contributed by atoms with Crippen molar-refractivity contribution in [1.29, 1.82) is 0 Å². The van der Waals surface area contributed by atoms with Crippen molar-refractivity contribution in [2.75, 3.05) is 6.54 Å². The van der Waals surface area contributed by atoms with Gasteiger partial charge in [0.15, 0.2) is 0 Å². The SMILES string of the molecule is NC1CCC(CNC(=O)c2coc3ccccc23)C1. The highest BCUT2D eigenvalue weighted by Crippen LogP contribution is 2.24. The van der Waals surface area contributed by atoms with E-state index in [-0.39, 0.29) is 5.91 Å². The van der Waals surface area contributed by atoms with Crippen LogP contribution in [0.3, 0.4) is 0 Å². The zero-order valence-electron chi connectivity index (χ0n) is 10.8. The van der Waals surface area contributed by atoms with Gasteiger partial charge in [-0.2, -0.15) is 0 Å². The van der Waals surface area contributed by atoms with Crippen LogP contribution < -0.4 is 11.1 Å². The Labute approximate surface area is 112 Å². The molecule has 0 radical (unpaired) electrons. The first-order chi connectivity index (χ1) is 9.24. The van der Waals surface area contributed by atoms with Crippen molar-refractivity contribution < 1.29 is 9.21 Å². The minimum atomic E-state index is -0.0644. The number of nitrogens with two attached hydrogens (primary N) is 1. The fourth-order valence-corrected chi connectivity index (χ4v) is 2.78. The number of carbonyl (C=O) groups is 1. The number of rotatable bonds is 3. The van der Waals surface area contributed by atoms with Crippen molar-refractivity contribution in [1.82, 2.24) is 5.32 Å². The van der Waals surface area contributed by atoms with Gasteiger partial charge in [-0.25, -0.2) is 0 Å². The summed E-state index contributed by atoms with van der Waals surface area (Å²) >= 11 is 0. The summed E-state index contributed by atoms with van der Waals surface area (Å²) in [5.41, 5.74) is 7.23. The summed E-state index contributed by atoms with van der Waals surface area (Å²) < 4.78 is 5.38. The third-order valence-corrected chi connectivity index (χ3v) is 3.86. The van der Waals surface area contributed by atoms with Crippen LogP contribution in [0.2, 0.25) is 0 Å². The van der Waals surface area contributed by atoms with Gasteiger partial charge in [0, 0.05) is 18.0 Å². The Morgan fingerprint density at radius 1 is 1.37 bits per heavy atom. The average molecular weight is 258 g/mol. The van der Waals surface area contributed by atoms with Gasteiger partial charge < -0.3 is 15.5 Å². The van der Waals surface area contributed by atoms with Crippen molar-refractivity contribution in [2.24, 2.45) is 11.7 Å². The Morgan fingerprint density at radius 2 is 2.21 bits per heavy atom. The monoisotopic (exact) mass is 258 g/mol. The molecule has 4 nitrogen and oxygen atoms in total. The molecule has 2 atom stereocenters. The largest absolute Gasteiger partial charge is 0.463 e. The lowest BCUT2D eigenvalue weighted by Crippen LogP contribution is -2.29. The summed E-state index contributed by atoms with van der Waals surface area (Å²) in [7, 11) is 0. The summed E-state index contributed by atoms with van der Waals surface area (Å²) in [5, 5.41) is 3.85. The van der Waals surface area contributed by atoms with E-state index in [1.165, 1.54) is 6.26 Å². The van der Waals surface area contributed by atoms with Crippen LogP contribution in [0.25, 0.3) is 11.0 Å². The van der Waals surface area contributed by atoms with E-state index in [4.69, 9.17) is 10.2 Å². The van der Waals surface area contributed by atoms with Crippen molar-refractivity contribution in [3.8, 4) is 0 Å². The molecule has 1 aliphatic carbocycles. The number of nitrogens with one attached hydrogen (secondary N) is 1. The lowest BCUT2D eigenvalue weighted by Gasteiger charge is -2.10. The summed E-state index contributed by atoms with van der Waals surface area (Å²) in [5.74, 6) is 0.447. The predicted molar refractivity (Wildman–Crippen MR) is 73.9 cm³/mol. The molecule has 0 aliphatic heterocycles. The normalized spacial score (nSPS) is 22.8. The summed E-state index contributed by atoms with van der Waals surface area (Å²) in [6.07, 6.45) is 4.70. The topological polar surface area (TPSA) is 68.3 Å². The number of benzene rings is 1. The zero-order valence-corrected chi connectivity index (χ0v) is 10.8. The molecule has 1 fully saturated rings.